The molecule has 1 aromatic rings. The number of Topliss-reactive ketones (excluding diaryl/α,β-unsaturated/α-hetero) is 1. The summed E-state index contributed by atoms with van der Waals surface area (Å²) < 4.78 is 0. The topological polar surface area (TPSA) is 29.1 Å². The largest absolute Gasteiger partial charge is 0.307 e. The Morgan fingerprint density at radius 1 is 1.69 bits per heavy atom. The Labute approximate surface area is 85.9 Å². The maximum atomic E-state index is 11.5. The fraction of sp³-hybridized carbons (Fsp3) is 0.444. The predicted molar refractivity (Wildman–Crippen MR) is 54.7 cm³/mol. The normalized spacial score (nSPS) is 16.1. The molecule has 1 aromatic heterocycles. The van der Waals surface area contributed by atoms with Crippen LogP contribution in [0, 0.1) is 0 Å². The fourth-order valence-electron chi connectivity index (χ4n) is 1.10. The highest BCUT2D eigenvalue weighted by atomic mass is 35.5. The molecule has 0 atom stereocenters. The van der Waals surface area contributed by atoms with Crippen LogP contribution in [0.3, 0.4) is 0 Å². The van der Waals surface area contributed by atoms with Gasteiger partial charge >= 0.3 is 0 Å². The zero-order valence-electron chi connectivity index (χ0n) is 7.05. The van der Waals surface area contributed by atoms with E-state index in [1.54, 1.807) is 6.07 Å². The van der Waals surface area contributed by atoms with Crippen LogP contribution in [0.2, 0.25) is 5.02 Å². The second-order valence-corrected chi connectivity index (χ2v) is 4.50. The maximum Gasteiger partial charge on any atom is 0.188 e. The van der Waals surface area contributed by atoms with Gasteiger partial charge in [-0.25, -0.2) is 0 Å². The number of nitrogens with one attached hydrogen (secondary N) is 1. The van der Waals surface area contributed by atoms with Gasteiger partial charge in [-0.2, -0.15) is 0 Å². The summed E-state index contributed by atoms with van der Waals surface area (Å²) in [4.78, 5) is 12.2. The number of halogens is 1. The first-order valence-corrected chi connectivity index (χ1v) is 5.52. The van der Waals surface area contributed by atoms with E-state index in [-0.39, 0.29) is 5.78 Å². The van der Waals surface area contributed by atoms with Crippen molar-refractivity contribution >= 4 is 28.7 Å². The molecule has 0 aliphatic heterocycles. The van der Waals surface area contributed by atoms with Crippen molar-refractivity contribution in [3.8, 4) is 0 Å². The minimum Gasteiger partial charge on any atom is -0.307 e. The molecular weight excluding hydrogens is 206 g/mol. The zero-order chi connectivity index (χ0) is 9.26. The van der Waals surface area contributed by atoms with Gasteiger partial charge in [-0.05, 0) is 24.3 Å². The minimum absolute atomic E-state index is 0.104. The molecule has 0 aromatic carbocycles. The van der Waals surface area contributed by atoms with Gasteiger partial charge in [0.15, 0.2) is 5.78 Å². The summed E-state index contributed by atoms with van der Waals surface area (Å²) in [5, 5.41) is 5.59. The van der Waals surface area contributed by atoms with Gasteiger partial charge in [0.05, 0.1) is 16.4 Å². The maximum absolute atomic E-state index is 11.5. The molecule has 1 fully saturated rings. The first-order chi connectivity index (χ1) is 6.27. The number of ketones is 1. The van der Waals surface area contributed by atoms with E-state index in [0.29, 0.717) is 22.5 Å². The van der Waals surface area contributed by atoms with Crippen LogP contribution in [0.1, 0.15) is 22.5 Å². The van der Waals surface area contributed by atoms with Gasteiger partial charge in [-0.15, -0.1) is 11.3 Å². The Bertz CT molecular complexity index is 319. The second-order valence-electron chi connectivity index (χ2n) is 3.18. The monoisotopic (exact) mass is 215 g/mol. The average molecular weight is 216 g/mol. The van der Waals surface area contributed by atoms with E-state index in [0.717, 1.165) is 0 Å². The Hall–Kier alpha value is -0.380. The third kappa shape index (κ3) is 2.30. The van der Waals surface area contributed by atoms with Crippen molar-refractivity contribution in [2.24, 2.45) is 0 Å². The van der Waals surface area contributed by atoms with Gasteiger partial charge in [-0.3, -0.25) is 4.79 Å². The van der Waals surface area contributed by atoms with Crippen molar-refractivity contribution in [3.63, 3.8) is 0 Å². The molecule has 4 heteroatoms. The molecule has 13 heavy (non-hydrogen) atoms. The predicted octanol–water partition coefficient (Wildman–Crippen LogP) is 2.34. The van der Waals surface area contributed by atoms with E-state index in [4.69, 9.17) is 11.6 Å². The van der Waals surface area contributed by atoms with Crippen LogP contribution >= 0.6 is 22.9 Å². The molecule has 0 unspecified atom stereocenters. The lowest BCUT2D eigenvalue weighted by atomic mass is 10.3. The molecule has 0 radical (unpaired) electrons. The summed E-state index contributed by atoms with van der Waals surface area (Å²) in [5.74, 6) is 0.104. The van der Waals surface area contributed by atoms with Crippen LogP contribution in [-0.2, 0) is 0 Å². The third-order valence-electron chi connectivity index (χ3n) is 2.00. The average Bonchev–Trinajstić information content (AvgIpc) is 2.84. The summed E-state index contributed by atoms with van der Waals surface area (Å²) in [5.41, 5.74) is 0. The summed E-state index contributed by atoms with van der Waals surface area (Å²) >= 11 is 7.24. The van der Waals surface area contributed by atoms with Crippen LogP contribution in [0.4, 0.5) is 0 Å². The molecule has 0 amide bonds. The molecule has 1 N–H and O–H groups in total. The smallest absolute Gasteiger partial charge is 0.188 e. The molecule has 2 nitrogen and oxygen atoms in total. The summed E-state index contributed by atoms with van der Waals surface area (Å²) in [7, 11) is 0. The number of hydrogen-bond acceptors (Lipinski definition) is 3. The Kier molecular flexibility index (Phi) is 2.67. The van der Waals surface area contributed by atoms with E-state index in [1.807, 2.05) is 5.38 Å². The van der Waals surface area contributed by atoms with Crippen molar-refractivity contribution in [2.75, 3.05) is 6.54 Å². The van der Waals surface area contributed by atoms with Crippen molar-refractivity contribution in [1.82, 2.24) is 5.32 Å². The SMILES string of the molecule is O=C(CNC1CC1)c1sccc1Cl. The molecule has 0 saturated heterocycles. The third-order valence-corrected chi connectivity index (χ3v) is 3.38. The van der Waals surface area contributed by atoms with Gasteiger partial charge < -0.3 is 5.32 Å². The summed E-state index contributed by atoms with van der Waals surface area (Å²) in [6, 6.07) is 2.33. The Morgan fingerprint density at radius 3 is 3.00 bits per heavy atom. The molecular formula is C9H10ClNOS. The van der Waals surface area contributed by atoms with Crippen molar-refractivity contribution in [3.05, 3.63) is 21.3 Å². The Balaban J connectivity index is 1.92. The molecule has 1 heterocycles. The lowest BCUT2D eigenvalue weighted by molar-refractivity contribution is 0.0994. The number of carbonyl (C=O) groups is 1. The van der Waals surface area contributed by atoms with Crippen LogP contribution in [0.25, 0.3) is 0 Å². The van der Waals surface area contributed by atoms with Crippen LogP contribution in [-0.4, -0.2) is 18.4 Å². The highest BCUT2D eigenvalue weighted by Gasteiger charge is 2.22. The molecule has 1 aliphatic carbocycles. The summed E-state index contributed by atoms with van der Waals surface area (Å²) in [6.45, 7) is 0.422. The van der Waals surface area contributed by atoms with Gasteiger partial charge in [0.25, 0.3) is 0 Å². The van der Waals surface area contributed by atoms with E-state index >= 15 is 0 Å². The van der Waals surface area contributed by atoms with E-state index in [9.17, 15) is 4.79 Å². The van der Waals surface area contributed by atoms with Crippen molar-refractivity contribution in [1.29, 1.82) is 0 Å². The highest BCUT2D eigenvalue weighted by molar-refractivity contribution is 7.12. The molecule has 2 rings (SSSR count). The van der Waals surface area contributed by atoms with Gasteiger partial charge in [0.2, 0.25) is 0 Å². The molecule has 1 aliphatic rings. The Morgan fingerprint density at radius 2 is 2.46 bits per heavy atom. The number of thiophene rings is 1. The molecule has 0 spiro atoms. The second kappa shape index (κ2) is 3.78. The van der Waals surface area contributed by atoms with E-state index < -0.39 is 0 Å². The lowest BCUT2D eigenvalue weighted by Gasteiger charge is -1.99. The van der Waals surface area contributed by atoms with Crippen LogP contribution in [0.5, 0.6) is 0 Å². The molecule has 1 saturated carbocycles. The van der Waals surface area contributed by atoms with E-state index in [2.05, 4.69) is 5.32 Å². The van der Waals surface area contributed by atoms with Gasteiger partial charge in [-0.1, -0.05) is 11.6 Å². The standard InChI is InChI=1S/C9H10ClNOS/c10-7-3-4-13-9(7)8(12)5-11-6-1-2-6/h3-4,6,11H,1-2,5H2. The number of rotatable bonds is 4. The minimum atomic E-state index is 0.104. The highest BCUT2D eigenvalue weighted by Crippen LogP contribution is 2.23. The molecule has 70 valence electrons. The van der Waals surface area contributed by atoms with Crippen molar-refractivity contribution in [2.45, 2.75) is 18.9 Å². The van der Waals surface area contributed by atoms with Gasteiger partial charge in [0.1, 0.15) is 0 Å². The van der Waals surface area contributed by atoms with Crippen LogP contribution in [0.15, 0.2) is 11.4 Å². The number of hydrogen-bond donors (Lipinski definition) is 1. The quantitative estimate of drug-likeness (QED) is 0.782. The molecule has 0 bridgehead atoms. The van der Waals surface area contributed by atoms with E-state index in [1.165, 1.54) is 24.2 Å². The fourth-order valence-corrected chi connectivity index (χ4v) is 2.20. The number of carbonyl (C=O) groups excluding carboxylic acids is 1. The first-order valence-electron chi connectivity index (χ1n) is 4.27. The zero-order valence-corrected chi connectivity index (χ0v) is 8.62. The lowest BCUT2D eigenvalue weighted by Crippen LogP contribution is -2.24. The van der Waals surface area contributed by atoms with Crippen molar-refractivity contribution < 1.29 is 4.79 Å². The summed E-state index contributed by atoms with van der Waals surface area (Å²) in [6.07, 6.45) is 2.40. The van der Waals surface area contributed by atoms with Crippen LogP contribution < -0.4 is 5.32 Å². The first kappa shape index (κ1) is 9.19. The van der Waals surface area contributed by atoms with Gasteiger partial charge in [0, 0.05) is 6.04 Å².